The van der Waals surface area contributed by atoms with E-state index < -0.39 is 0 Å². The molecule has 3 N–H and O–H groups in total. The summed E-state index contributed by atoms with van der Waals surface area (Å²) in [5, 5.41) is 2.84. The van der Waals surface area contributed by atoms with Gasteiger partial charge in [-0.15, -0.1) is 0 Å². The minimum Gasteiger partial charge on any atom is -0.463 e. The zero-order chi connectivity index (χ0) is 21.9. The minimum atomic E-state index is -0.149. The van der Waals surface area contributed by atoms with Crippen LogP contribution in [0, 0.1) is 0 Å². The summed E-state index contributed by atoms with van der Waals surface area (Å²) in [5.74, 6) is 0.122. The first-order chi connectivity index (χ1) is 15.2. The minimum absolute atomic E-state index is 0.149. The average molecular weight is 430 g/mol. The van der Waals surface area contributed by atoms with Crippen LogP contribution in [-0.4, -0.2) is 47.0 Å². The van der Waals surface area contributed by atoms with Crippen LogP contribution in [0.3, 0.4) is 0 Å². The number of aromatic nitrogens is 2. The Balaban J connectivity index is 1.49. The zero-order valence-electron chi connectivity index (χ0n) is 19.1. The summed E-state index contributed by atoms with van der Waals surface area (Å²) < 4.78 is 5.64. The molecule has 172 valence electrons. The monoisotopic (exact) mass is 429 g/mol. The third-order valence-electron chi connectivity index (χ3n) is 6.12. The number of carbonyl (C=O) groups excluding carboxylic acids is 1. The van der Waals surface area contributed by atoms with Gasteiger partial charge in [-0.3, -0.25) is 4.79 Å². The van der Waals surface area contributed by atoms with E-state index in [0.29, 0.717) is 24.7 Å². The number of unbranched alkanes of at least 4 members (excludes halogenated alkanes) is 3. The SMILES string of the molecule is CCCCOc1nc(N)c2c(n1)CC(CCCCCN1CCCCCCC1)=CC(=O)N2. The first-order valence-electron chi connectivity index (χ1n) is 12.2. The number of nitrogens with two attached hydrogens (primary N) is 1. The van der Waals surface area contributed by atoms with Gasteiger partial charge in [0.15, 0.2) is 5.82 Å². The Bertz CT molecular complexity index is 742. The predicted molar refractivity (Wildman–Crippen MR) is 125 cm³/mol. The second-order valence-corrected chi connectivity index (χ2v) is 8.80. The highest BCUT2D eigenvalue weighted by Crippen LogP contribution is 2.29. The average Bonchev–Trinajstić information content (AvgIpc) is 2.87. The molecule has 3 heterocycles. The lowest BCUT2D eigenvalue weighted by Crippen LogP contribution is -2.28. The highest BCUT2D eigenvalue weighted by Gasteiger charge is 2.20. The summed E-state index contributed by atoms with van der Waals surface area (Å²) in [6.45, 7) is 6.39. The van der Waals surface area contributed by atoms with Crippen LogP contribution in [0.5, 0.6) is 6.01 Å². The first-order valence-corrected chi connectivity index (χ1v) is 12.2. The molecule has 1 aromatic rings. The van der Waals surface area contributed by atoms with Gasteiger partial charge in [0.05, 0.1) is 12.3 Å². The number of carbonyl (C=O) groups is 1. The molecule has 3 rings (SSSR count). The van der Waals surface area contributed by atoms with Crippen molar-refractivity contribution in [3.05, 3.63) is 17.3 Å². The summed E-state index contributed by atoms with van der Waals surface area (Å²) in [7, 11) is 0. The molecule has 0 aromatic carbocycles. The van der Waals surface area contributed by atoms with Crippen molar-refractivity contribution < 1.29 is 9.53 Å². The number of allylic oxidation sites excluding steroid dienone is 1. The van der Waals surface area contributed by atoms with Crippen LogP contribution in [0.2, 0.25) is 0 Å². The number of nitrogens with zero attached hydrogens (tertiary/aromatic N) is 3. The third-order valence-corrected chi connectivity index (χ3v) is 6.12. The molecule has 0 radical (unpaired) electrons. The smallest absolute Gasteiger partial charge is 0.318 e. The fraction of sp³-hybridized carbons (Fsp3) is 0.708. The van der Waals surface area contributed by atoms with E-state index in [2.05, 4.69) is 27.1 Å². The van der Waals surface area contributed by atoms with E-state index in [9.17, 15) is 4.79 Å². The third kappa shape index (κ3) is 7.80. The zero-order valence-corrected chi connectivity index (χ0v) is 19.1. The van der Waals surface area contributed by atoms with Crippen LogP contribution in [0.4, 0.5) is 11.5 Å². The Morgan fingerprint density at radius 3 is 2.61 bits per heavy atom. The van der Waals surface area contributed by atoms with Crippen molar-refractivity contribution in [3.8, 4) is 6.01 Å². The van der Waals surface area contributed by atoms with Crippen LogP contribution >= 0.6 is 0 Å². The number of hydrogen-bond acceptors (Lipinski definition) is 6. The number of likely N-dealkylation sites (tertiary alicyclic amines) is 1. The summed E-state index contributed by atoms with van der Waals surface area (Å²) in [6, 6.07) is 0.299. The normalized spacial score (nSPS) is 17.7. The van der Waals surface area contributed by atoms with Crippen molar-refractivity contribution >= 4 is 17.4 Å². The maximum absolute atomic E-state index is 12.3. The molecule has 7 nitrogen and oxygen atoms in total. The summed E-state index contributed by atoms with van der Waals surface area (Å²) >= 11 is 0. The van der Waals surface area contributed by atoms with Gasteiger partial charge < -0.3 is 20.7 Å². The fourth-order valence-electron chi connectivity index (χ4n) is 4.31. The molecular formula is C24H39N5O2. The lowest BCUT2D eigenvalue weighted by molar-refractivity contribution is -0.111. The first kappa shape index (κ1) is 23.5. The fourth-order valence-corrected chi connectivity index (χ4v) is 4.31. The molecule has 0 spiro atoms. The highest BCUT2D eigenvalue weighted by molar-refractivity contribution is 6.02. The molecule has 1 fully saturated rings. The highest BCUT2D eigenvalue weighted by atomic mass is 16.5. The van der Waals surface area contributed by atoms with Crippen molar-refractivity contribution in [1.29, 1.82) is 0 Å². The number of ether oxygens (including phenoxy) is 1. The second-order valence-electron chi connectivity index (χ2n) is 8.80. The van der Waals surface area contributed by atoms with Crippen molar-refractivity contribution in [2.45, 2.75) is 84.0 Å². The Morgan fingerprint density at radius 1 is 1.06 bits per heavy atom. The van der Waals surface area contributed by atoms with Crippen LogP contribution in [-0.2, 0) is 11.2 Å². The van der Waals surface area contributed by atoms with Gasteiger partial charge in [0.2, 0.25) is 5.91 Å². The van der Waals surface area contributed by atoms with Crippen LogP contribution in [0.15, 0.2) is 11.6 Å². The van der Waals surface area contributed by atoms with Gasteiger partial charge in [-0.05, 0) is 58.2 Å². The quantitative estimate of drug-likeness (QED) is 0.533. The number of rotatable bonds is 10. The molecule has 0 bridgehead atoms. The Morgan fingerprint density at radius 2 is 1.84 bits per heavy atom. The van der Waals surface area contributed by atoms with Gasteiger partial charge in [0, 0.05) is 12.5 Å². The van der Waals surface area contributed by atoms with E-state index in [-0.39, 0.29) is 11.7 Å². The van der Waals surface area contributed by atoms with Gasteiger partial charge >= 0.3 is 6.01 Å². The molecule has 0 saturated carbocycles. The number of nitrogen functional groups attached to an aromatic ring is 1. The molecule has 0 aliphatic carbocycles. The van der Waals surface area contributed by atoms with Crippen LogP contribution < -0.4 is 15.8 Å². The van der Waals surface area contributed by atoms with E-state index >= 15 is 0 Å². The molecular weight excluding hydrogens is 390 g/mol. The van der Waals surface area contributed by atoms with E-state index in [1.54, 1.807) is 6.08 Å². The summed E-state index contributed by atoms with van der Waals surface area (Å²) in [6.07, 6.45) is 15.6. The lowest BCUT2D eigenvalue weighted by atomic mass is 10.0. The number of hydrogen-bond donors (Lipinski definition) is 2. The van der Waals surface area contributed by atoms with Crippen molar-refractivity contribution in [1.82, 2.24) is 14.9 Å². The number of amides is 1. The van der Waals surface area contributed by atoms with Gasteiger partial charge in [0.25, 0.3) is 0 Å². The van der Waals surface area contributed by atoms with Gasteiger partial charge in [-0.2, -0.15) is 9.97 Å². The summed E-state index contributed by atoms with van der Waals surface area (Å²) in [5.41, 5.74) is 8.45. The molecule has 0 unspecified atom stereocenters. The predicted octanol–water partition coefficient (Wildman–Crippen LogP) is 4.49. The maximum Gasteiger partial charge on any atom is 0.318 e. The molecule has 31 heavy (non-hydrogen) atoms. The Hall–Kier alpha value is -2.15. The van der Waals surface area contributed by atoms with E-state index in [1.807, 2.05) is 0 Å². The number of nitrogens with one attached hydrogen (secondary N) is 1. The number of fused-ring (bicyclic) bond motifs is 1. The van der Waals surface area contributed by atoms with Gasteiger partial charge in [-0.25, -0.2) is 0 Å². The Kier molecular flexibility index (Phi) is 9.59. The van der Waals surface area contributed by atoms with Crippen molar-refractivity contribution in [2.24, 2.45) is 0 Å². The van der Waals surface area contributed by atoms with E-state index in [4.69, 9.17) is 10.5 Å². The van der Waals surface area contributed by atoms with Gasteiger partial charge in [0.1, 0.15) is 5.69 Å². The maximum atomic E-state index is 12.3. The lowest BCUT2D eigenvalue weighted by Gasteiger charge is -2.24. The molecule has 7 heteroatoms. The number of anilines is 2. The topological polar surface area (TPSA) is 93.4 Å². The van der Waals surface area contributed by atoms with Crippen molar-refractivity contribution in [3.63, 3.8) is 0 Å². The summed E-state index contributed by atoms with van der Waals surface area (Å²) in [4.78, 5) is 23.7. The van der Waals surface area contributed by atoms with Gasteiger partial charge in [-0.1, -0.05) is 44.6 Å². The molecule has 2 aliphatic rings. The van der Waals surface area contributed by atoms with E-state index in [1.165, 1.54) is 64.6 Å². The standard InChI is InChI=1S/C24H39N5O2/c1-2-3-16-31-24-26-20-17-19(18-21(30)27-22(20)23(25)28-24)12-8-7-11-15-29-13-9-5-4-6-10-14-29/h18H,2-17H2,1H3,(H,27,30)(H2,25,26,28). The largest absolute Gasteiger partial charge is 0.463 e. The van der Waals surface area contributed by atoms with E-state index in [0.717, 1.165) is 37.0 Å². The molecule has 1 saturated heterocycles. The van der Waals surface area contributed by atoms with Crippen LogP contribution in [0.25, 0.3) is 0 Å². The molecule has 1 aromatic heterocycles. The molecule has 2 aliphatic heterocycles. The van der Waals surface area contributed by atoms with Crippen LogP contribution in [0.1, 0.15) is 83.2 Å². The molecule has 1 amide bonds. The second kappa shape index (κ2) is 12.6. The molecule has 0 atom stereocenters. The Labute approximate surface area is 186 Å². The van der Waals surface area contributed by atoms with Crippen molar-refractivity contribution in [2.75, 3.05) is 37.3 Å².